The molecule has 0 unspecified atom stereocenters. The number of alkyl halides is 3. The van der Waals surface area contributed by atoms with E-state index in [0.29, 0.717) is 16.9 Å². The van der Waals surface area contributed by atoms with Crippen LogP contribution in [0.3, 0.4) is 0 Å². The summed E-state index contributed by atoms with van der Waals surface area (Å²) in [5, 5.41) is 12.0. The van der Waals surface area contributed by atoms with Gasteiger partial charge in [-0.25, -0.2) is 19.0 Å². The summed E-state index contributed by atoms with van der Waals surface area (Å²) >= 11 is 0. The first-order valence-electron chi connectivity index (χ1n) is 8.77. The highest BCUT2D eigenvalue weighted by atomic mass is 19.4. The van der Waals surface area contributed by atoms with Gasteiger partial charge in [-0.2, -0.15) is 13.2 Å². The van der Waals surface area contributed by atoms with Crippen molar-refractivity contribution in [1.82, 2.24) is 20.3 Å². The van der Waals surface area contributed by atoms with Crippen LogP contribution in [0.5, 0.6) is 0 Å². The van der Waals surface area contributed by atoms with Crippen molar-refractivity contribution in [3.05, 3.63) is 65.6 Å². The highest BCUT2D eigenvalue weighted by Gasteiger charge is 2.38. The Morgan fingerprint density at radius 3 is 2.26 bits per heavy atom. The summed E-state index contributed by atoms with van der Waals surface area (Å²) in [6.07, 6.45) is -4.90. The standard InChI is InChI=1S/C19H12F4N6O2/c20-13-4-2-1-3-10(13)9-14-15(27-17-16(26-14)28-31-29-17)24-11-5-7-12(8-6-11)25-18(30)19(21,22)23/h1-8H,9H2,(H,25,30)(H,24,27,29). The molecule has 4 aromatic rings. The number of nitrogens with one attached hydrogen (secondary N) is 2. The zero-order valence-electron chi connectivity index (χ0n) is 15.4. The maximum absolute atomic E-state index is 14.1. The van der Waals surface area contributed by atoms with E-state index in [9.17, 15) is 22.4 Å². The summed E-state index contributed by atoms with van der Waals surface area (Å²) in [5.41, 5.74) is 1.38. The SMILES string of the molecule is O=C(Nc1ccc(Nc2nc3nonc3nc2Cc2ccccc2F)cc1)C(F)(F)F. The van der Waals surface area contributed by atoms with E-state index in [2.05, 4.69) is 30.2 Å². The number of anilines is 3. The lowest BCUT2D eigenvalue weighted by atomic mass is 10.1. The van der Waals surface area contributed by atoms with Gasteiger partial charge in [-0.05, 0) is 46.2 Å². The van der Waals surface area contributed by atoms with E-state index in [1.807, 2.05) is 0 Å². The molecule has 2 aromatic carbocycles. The van der Waals surface area contributed by atoms with Gasteiger partial charge in [0.05, 0.1) is 5.69 Å². The molecule has 0 aliphatic rings. The van der Waals surface area contributed by atoms with Crippen LogP contribution in [0.15, 0.2) is 53.2 Å². The summed E-state index contributed by atoms with van der Waals surface area (Å²) in [6.45, 7) is 0. The van der Waals surface area contributed by atoms with Crippen molar-refractivity contribution in [1.29, 1.82) is 0 Å². The van der Waals surface area contributed by atoms with E-state index in [4.69, 9.17) is 0 Å². The van der Waals surface area contributed by atoms with Crippen molar-refractivity contribution in [2.24, 2.45) is 0 Å². The average molecular weight is 432 g/mol. The van der Waals surface area contributed by atoms with Crippen molar-refractivity contribution >= 4 is 34.4 Å². The maximum atomic E-state index is 14.1. The van der Waals surface area contributed by atoms with Gasteiger partial charge in [0, 0.05) is 17.8 Å². The van der Waals surface area contributed by atoms with Crippen LogP contribution in [0.25, 0.3) is 11.3 Å². The third-order valence-electron chi connectivity index (χ3n) is 4.17. The summed E-state index contributed by atoms with van der Waals surface area (Å²) in [6, 6.07) is 11.6. The zero-order chi connectivity index (χ0) is 22.0. The molecular formula is C19H12F4N6O2. The molecule has 0 aliphatic heterocycles. The third-order valence-corrected chi connectivity index (χ3v) is 4.17. The molecule has 12 heteroatoms. The maximum Gasteiger partial charge on any atom is 0.471 e. The van der Waals surface area contributed by atoms with Gasteiger partial charge in [0.25, 0.3) is 0 Å². The first-order chi connectivity index (χ1) is 14.8. The molecule has 0 bridgehead atoms. The van der Waals surface area contributed by atoms with Gasteiger partial charge in [0.15, 0.2) is 5.82 Å². The molecule has 8 nitrogen and oxygen atoms in total. The number of hydrogen-bond acceptors (Lipinski definition) is 7. The van der Waals surface area contributed by atoms with Gasteiger partial charge < -0.3 is 10.6 Å². The lowest BCUT2D eigenvalue weighted by Crippen LogP contribution is -2.29. The van der Waals surface area contributed by atoms with E-state index in [1.54, 1.807) is 23.5 Å². The number of nitrogens with zero attached hydrogens (tertiary/aromatic N) is 4. The number of fused-ring (bicyclic) bond motifs is 1. The molecule has 158 valence electrons. The Labute approximate surface area is 171 Å². The van der Waals surface area contributed by atoms with Crippen LogP contribution in [0.4, 0.5) is 34.8 Å². The van der Waals surface area contributed by atoms with Crippen LogP contribution in [-0.2, 0) is 11.2 Å². The molecular weight excluding hydrogens is 420 g/mol. The molecule has 0 atom stereocenters. The van der Waals surface area contributed by atoms with Gasteiger partial charge in [0.2, 0.25) is 11.3 Å². The number of halogens is 4. The van der Waals surface area contributed by atoms with Crippen LogP contribution in [0.2, 0.25) is 0 Å². The summed E-state index contributed by atoms with van der Waals surface area (Å²) in [5.74, 6) is -2.26. The van der Waals surface area contributed by atoms with E-state index in [-0.39, 0.29) is 29.2 Å². The Morgan fingerprint density at radius 1 is 0.935 bits per heavy atom. The van der Waals surface area contributed by atoms with Gasteiger partial charge in [-0.15, -0.1) is 0 Å². The number of aromatic nitrogens is 4. The smallest absolute Gasteiger partial charge is 0.339 e. The second-order valence-corrected chi connectivity index (χ2v) is 6.35. The Balaban J connectivity index is 1.60. The molecule has 2 N–H and O–H groups in total. The Bertz CT molecular complexity index is 1240. The van der Waals surface area contributed by atoms with Crippen molar-refractivity contribution in [3.63, 3.8) is 0 Å². The number of hydrogen-bond donors (Lipinski definition) is 2. The molecule has 0 aliphatic carbocycles. The summed E-state index contributed by atoms with van der Waals surface area (Å²) in [4.78, 5) is 19.6. The van der Waals surface area contributed by atoms with E-state index in [0.717, 1.165) is 0 Å². The van der Waals surface area contributed by atoms with E-state index >= 15 is 0 Å². The zero-order valence-corrected chi connectivity index (χ0v) is 15.4. The molecule has 0 saturated heterocycles. The van der Waals surface area contributed by atoms with Crippen LogP contribution in [-0.4, -0.2) is 32.4 Å². The molecule has 0 spiro atoms. The molecule has 1 amide bonds. The fourth-order valence-corrected chi connectivity index (χ4v) is 2.69. The number of amides is 1. The highest BCUT2D eigenvalue weighted by molar-refractivity contribution is 5.95. The van der Waals surface area contributed by atoms with Crippen LogP contribution >= 0.6 is 0 Å². The molecule has 4 rings (SSSR count). The lowest BCUT2D eigenvalue weighted by molar-refractivity contribution is -0.167. The molecule has 31 heavy (non-hydrogen) atoms. The second-order valence-electron chi connectivity index (χ2n) is 6.35. The summed E-state index contributed by atoms with van der Waals surface area (Å²) < 4.78 is 55.8. The van der Waals surface area contributed by atoms with E-state index < -0.39 is 17.9 Å². The minimum absolute atomic E-state index is 0.0401. The quantitative estimate of drug-likeness (QED) is 0.460. The Hall–Kier alpha value is -4.09. The average Bonchev–Trinajstić information content (AvgIpc) is 3.18. The number of carbonyl (C=O) groups excluding carboxylic acids is 1. The predicted octanol–water partition coefficient (Wildman–Crippen LogP) is 3.99. The number of carbonyl (C=O) groups is 1. The lowest BCUT2D eigenvalue weighted by Gasteiger charge is -2.12. The van der Waals surface area contributed by atoms with E-state index in [1.165, 1.54) is 30.3 Å². The van der Waals surface area contributed by atoms with Crippen molar-refractivity contribution in [2.75, 3.05) is 10.6 Å². The van der Waals surface area contributed by atoms with Gasteiger partial charge in [-0.3, -0.25) is 4.79 Å². The molecule has 0 saturated carbocycles. The monoisotopic (exact) mass is 432 g/mol. The fourth-order valence-electron chi connectivity index (χ4n) is 2.69. The van der Waals surface area contributed by atoms with Crippen LogP contribution in [0, 0.1) is 5.82 Å². The first kappa shape index (κ1) is 20.2. The predicted molar refractivity (Wildman–Crippen MR) is 101 cm³/mol. The first-order valence-corrected chi connectivity index (χ1v) is 8.77. The van der Waals surface area contributed by atoms with Crippen molar-refractivity contribution in [3.8, 4) is 0 Å². The Morgan fingerprint density at radius 2 is 1.58 bits per heavy atom. The minimum Gasteiger partial charge on any atom is -0.339 e. The topological polar surface area (TPSA) is 106 Å². The molecule has 2 aromatic heterocycles. The third kappa shape index (κ3) is 4.57. The Kier molecular flexibility index (Phi) is 5.19. The normalized spacial score (nSPS) is 11.5. The van der Waals surface area contributed by atoms with Crippen LogP contribution < -0.4 is 10.6 Å². The fraction of sp³-hybridized carbons (Fsp3) is 0.105. The second kappa shape index (κ2) is 7.97. The number of benzene rings is 2. The molecule has 0 fully saturated rings. The minimum atomic E-state index is -4.99. The largest absolute Gasteiger partial charge is 0.471 e. The van der Waals surface area contributed by atoms with Gasteiger partial charge in [-0.1, -0.05) is 18.2 Å². The van der Waals surface area contributed by atoms with Crippen molar-refractivity contribution in [2.45, 2.75) is 12.6 Å². The van der Waals surface area contributed by atoms with Crippen LogP contribution in [0.1, 0.15) is 11.3 Å². The summed E-state index contributed by atoms with van der Waals surface area (Å²) in [7, 11) is 0. The van der Waals surface area contributed by atoms with Gasteiger partial charge in [0.1, 0.15) is 5.82 Å². The number of rotatable bonds is 5. The molecule has 0 radical (unpaired) electrons. The highest BCUT2D eigenvalue weighted by Crippen LogP contribution is 2.25. The molecule has 2 heterocycles. The van der Waals surface area contributed by atoms with Gasteiger partial charge >= 0.3 is 12.1 Å². The van der Waals surface area contributed by atoms with Crippen molar-refractivity contribution < 1.29 is 27.0 Å².